The average molecular weight is 442 g/mol. The summed E-state index contributed by atoms with van der Waals surface area (Å²) in [6, 6.07) is 10.5. The molecule has 0 atom stereocenters. The van der Waals surface area contributed by atoms with E-state index in [0.29, 0.717) is 22.6 Å². The van der Waals surface area contributed by atoms with E-state index in [-0.39, 0.29) is 5.91 Å². The van der Waals surface area contributed by atoms with E-state index in [1.54, 1.807) is 50.6 Å². The fourth-order valence-electron chi connectivity index (χ4n) is 1.81. The molecular formula is C16H14Br2N2O3. The summed E-state index contributed by atoms with van der Waals surface area (Å²) in [6.45, 7) is 0. The number of amides is 1. The lowest BCUT2D eigenvalue weighted by Gasteiger charge is -2.09. The van der Waals surface area contributed by atoms with Crippen molar-refractivity contribution in [2.45, 2.75) is 0 Å². The van der Waals surface area contributed by atoms with E-state index in [2.05, 4.69) is 42.4 Å². The van der Waals surface area contributed by atoms with Gasteiger partial charge >= 0.3 is 0 Å². The van der Waals surface area contributed by atoms with Crippen LogP contribution in [-0.4, -0.2) is 26.3 Å². The first-order chi connectivity index (χ1) is 11.0. The average Bonchev–Trinajstić information content (AvgIpc) is 2.55. The number of carbonyl (C=O) groups is 1. The lowest BCUT2D eigenvalue weighted by atomic mass is 10.2. The van der Waals surface area contributed by atoms with Gasteiger partial charge in [0.15, 0.2) is 0 Å². The van der Waals surface area contributed by atoms with Crippen molar-refractivity contribution < 1.29 is 14.3 Å². The van der Waals surface area contributed by atoms with E-state index in [4.69, 9.17) is 9.47 Å². The maximum Gasteiger partial charge on any atom is 0.271 e. The zero-order valence-electron chi connectivity index (χ0n) is 12.5. The normalized spacial score (nSPS) is 10.6. The minimum Gasteiger partial charge on any atom is -0.496 e. The topological polar surface area (TPSA) is 59.9 Å². The number of benzene rings is 2. The van der Waals surface area contributed by atoms with E-state index in [1.807, 2.05) is 0 Å². The lowest BCUT2D eigenvalue weighted by Crippen LogP contribution is -2.17. The number of rotatable bonds is 5. The molecule has 2 aromatic rings. The molecule has 0 fully saturated rings. The number of halogens is 2. The Bertz CT molecular complexity index is 731. The highest BCUT2D eigenvalue weighted by molar-refractivity contribution is 9.10. The van der Waals surface area contributed by atoms with E-state index in [1.165, 1.54) is 6.21 Å². The third-order valence-corrected chi connectivity index (χ3v) is 4.13. The van der Waals surface area contributed by atoms with Gasteiger partial charge in [-0.15, -0.1) is 0 Å². The number of hydrazone groups is 1. The molecule has 1 N–H and O–H groups in total. The van der Waals surface area contributed by atoms with Gasteiger partial charge in [-0.3, -0.25) is 4.79 Å². The first-order valence-corrected chi connectivity index (χ1v) is 8.14. The number of ether oxygens (including phenoxy) is 2. The van der Waals surface area contributed by atoms with Gasteiger partial charge in [0.2, 0.25) is 0 Å². The minimum atomic E-state index is -0.291. The monoisotopic (exact) mass is 440 g/mol. The van der Waals surface area contributed by atoms with Crippen molar-refractivity contribution in [1.29, 1.82) is 0 Å². The Morgan fingerprint density at radius 2 is 1.74 bits per heavy atom. The van der Waals surface area contributed by atoms with Gasteiger partial charge in [0.1, 0.15) is 11.5 Å². The Morgan fingerprint density at radius 3 is 2.35 bits per heavy atom. The van der Waals surface area contributed by atoms with Crippen LogP contribution in [0.15, 0.2) is 50.4 Å². The van der Waals surface area contributed by atoms with Crippen molar-refractivity contribution in [3.63, 3.8) is 0 Å². The summed E-state index contributed by atoms with van der Waals surface area (Å²) in [7, 11) is 3.13. The number of nitrogens with one attached hydrogen (secondary N) is 1. The molecule has 0 aliphatic carbocycles. The second-order valence-electron chi connectivity index (χ2n) is 4.43. The summed E-state index contributed by atoms with van der Waals surface area (Å²) in [5.41, 5.74) is 3.71. The zero-order valence-corrected chi connectivity index (χ0v) is 15.6. The molecule has 0 bridgehead atoms. The van der Waals surface area contributed by atoms with Crippen LogP contribution in [0.3, 0.4) is 0 Å². The van der Waals surface area contributed by atoms with Crippen LogP contribution in [0.5, 0.6) is 11.5 Å². The molecule has 2 aromatic carbocycles. The number of hydrogen-bond donors (Lipinski definition) is 1. The summed E-state index contributed by atoms with van der Waals surface area (Å²) >= 11 is 6.72. The Hall–Kier alpha value is -1.86. The molecule has 0 aliphatic heterocycles. The van der Waals surface area contributed by atoms with Crippen LogP contribution in [0, 0.1) is 0 Å². The van der Waals surface area contributed by atoms with Gasteiger partial charge in [-0.2, -0.15) is 5.10 Å². The van der Waals surface area contributed by atoms with E-state index in [0.717, 1.165) is 8.95 Å². The van der Waals surface area contributed by atoms with Crippen molar-refractivity contribution in [2.75, 3.05) is 14.2 Å². The maximum absolute atomic E-state index is 12.0. The first kappa shape index (κ1) is 17.5. The summed E-state index contributed by atoms with van der Waals surface area (Å²) in [5, 5.41) is 3.97. The van der Waals surface area contributed by atoms with Crippen molar-refractivity contribution in [3.05, 3.63) is 56.5 Å². The van der Waals surface area contributed by atoms with Crippen molar-refractivity contribution in [3.8, 4) is 11.5 Å². The third kappa shape index (κ3) is 4.56. The summed E-state index contributed by atoms with van der Waals surface area (Å²) < 4.78 is 12.2. The fraction of sp³-hybridized carbons (Fsp3) is 0.125. The molecular weight excluding hydrogens is 428 g/mol. The predicted octanol–water partition coefficient (Wildman–Crippen LogP) is 3.99. The van der Waals surface area contributed by atoms with Crippen molar-refractivity contribution in [1.82, 2.24) is 5.43 Å². The second-order valence-corrected chi connectivity index (χ2v) is 6.20. The Labute approximate surface area is 150 Å². The van der Waals surface area contributed by atoms with Crippen LogP contribution < -0.4 is 14.9 Å². The van der Waals surface area contributed by atoms with Gasteiger partial charge < -0.3 is 9.47 Å². The van der Waals surface area contributed by atoms with Crippen LogP contribution in [0.25, 0.3) is 0 Å². The summed E-state index contributed by atoms with van der Waals surface area (Å²) in [4.78, 5) is 12.0. The molecule has 0 radical (unpaired) electrons. The zero-order chi connectivity index (χ0) is 16.8. The van der Waals surface area contributed by atoms with E-state index in [9.17, 15) is 4.79 Å². The molecule has 0 saturated heterocycles. The Kier molecular flexibility index (Phi) is 6.18. The quantitative estimate of drug-likeness (QED) is 0.563. The van der Waals surface area contributed by atoms with Gasteiger partial charge in [-0.05, 0) is 46.3 Å². The van der Waals surface area contributed by atoms with Gasteiger partial charge in [-0.1, -0.05) is 15.9 Å². The molecule has 0 aliphatic rings. The fourth-order valence-corrected chi connectivity index (χ4v) is 2.60. The van der Waals surface area contributed by atoms with E-state index >= 15 is 0 Å². The van der Waals surface area contributed by atoms with Crippen LogP contribution in [0.1, 0.15) is 15.9 Å². The molecule has 0 unspecified atom stereocenters. The van der Waals surface area contributed by atoms with Crippen LogP contribution in [-0.2, 0) is 0 Å². The van der Waals surface area contributed by atoms with Crippen LogP contribution in [0.2, 0.25) is 0 Å². The Balaban J connectivity index is 2.12. The van der Waals surface area contributed by atoms with Gasteiger partial charge in [0.05, 0.1) is 24.9 Å². The molecule has 0 heterocycles. The van der Waals surface area contributed by atoms with Crippen molar-refractivity contribution >= 4 is 44.0 Å². The highest BCUT2D eigenvalue weighted by Crippen LogP contribution is 2.31. The van der Waals surface area contributed by atoms with Gasteiger partial charge in [-0.25, -0.2) is 5.43 Å². The number of methoxy groups -OCH3 is 2. The highest BCUT2D eigenvalue weighted by Gasteiger charge is 2.08. The molecule has 0 aromatic heterocycles. The molecule has 120 valence electrons. The standard InChI is InChI=1S/C16H14Br2N2O3/c1-22-14-8-15(23-2)13(18)7-11(14)9-19-20-16(21)10-3-5-12(17)6-4-10/h3-9H,1-2H3,(H,20,21)/b19-9+. The second kappa shape index (κ2) is 8.12. The van der Waals surface area contributed by atoms with Gasteiger partial charge in [0, 0.05) is 21.7 Å². The third-order valence-electron chi connectivity index (χ3n) is 2.98. The predicted molar refractivity (Wildman–Crippen MR) is 96.4 cm³/mol. The highest BCUT2D eigenvalue weighted by atomic mass is 79.9. The lowest BCUT2D eigenvalue weighted by molar-refractivity contribution is 0.0955. The molecule has 1 amide bonds. The van der Waals surface area contributed by atoms with E-state index < -0.39 is 0 Å². The number of hydrogen-bond acceptors (Lipinski definition) is 4. The van der Waals surface area contributed by atoms with Crippen molar-refractivity contribution in [2.24, 2.45) is 5.10 Å². The van der Waals surface area contributed by atoms with Gasteiger partial charge in [0.25, 0.3) is 5.91 Å². The van der Waals surface area contributed by atoms with Crippen LogP contribution in [0.4, 0.5) is 0 Å². The maximum atomic E-state index is 12.0. The van der Waals surface area contributed by atoms with Crippen LogP contribution >= 0.6 is 31.9 Å². The summed E-state index contributed by atoms with van der Waals surface area (Å²) in [5.74, 6) is 0.949. The minimum absolute atomic E-state index is 0.291. The first-order valence-electron chi connectivity index (χ1n) is 6.55. The Morgan fingerprint density at radius 1 is 1.09 bits per heavy atom. The molecule has 0 saturated carbocycles. The smallest absolute Gasteiger partial charge is 0.271 e. The molecule has 5 nitrogen and oxygen atoms in total. The molecule has 7 heteroatoms. The summed E-state index contributed by atoms with van der Waals surface area (Å²) in [6.07, 6.45) is 1.51. The molecule has 23 heavy (non-hydrogen) atoms. The molecule has 2 rings (SSSR count). The SMILES string of the molecule is COc1cc(OC)c(/C=N/NC(=O)c2ccc(Br)cc2)cc1Br. The molecule has 0 spiro atoms. The largest absolute Gasteiger partial charge is 0.496 e. The number of nitrogens with zero attached hydrogens (tertiary/aromatic N) is 1. The number of carbonyl (C=O) groups excluding carboxylic acids is 1.